The molecule has 0 radical (unpaired) electrons. The maximum absolute atomic E-state index is 14.0. The van der Waals surface area contributed by atoms with E-state index in [9.17, 15) is 14.8 Å². The third kappa shape index (κ3) is 10.4. The van der Waals surface area contributed by atoms with E-state index in [4.69, 9.17) is 4.74 Å². The van der Waals surface area contributed by atoms with E-state index in [-0.39, 0.29) is 17.7 Å². The van der Waals surface area contributed by atoms with Crippen LogP contribution in [0.25, 0.3) is 0 Å². The van der Waals surface area contributed by atoms with Crippen molar-refractivity contribution in [2.75, 3.05) is 13.2 Å². The average molecular weight is 624 g/mol. The van der Waals surface area contributed by atoms with Crippen molar-refractivity contribution in [3.05, 3.63) is 143 Å². The highest BCUT2D eigenvalue weighted by molar-refractivity contribution is 7.39. The lowest BCUT2D eigenvalue weighted by atomic mass is 9.97. The van der Waals surface area contributed by atoms with Crippen molar-refractivity contribution in [3.63, 3.8) is 0 Å². The minimum atomic E-state index is -1.28. The number of aliphatic hydroxyl groups is 1. The molecule has 1 N–H and O–H groups in total. The molecule has 1 aliphatic heterocycles. The van der Waals surface area contributed by atoms with Gasteiger partial charge in [0, 0.05) is 25.7 Å². The predicted molar refractivity (Wildman–Crippen MR) is 182 cm³/mol. The molecule has 0 spiro atoms. The normalized spacial score (nSPS) is 18.5. The lowest BCUT2D eigenvalue weighted by Gasteiger charge is -2.39. The van der Waals surface area contributed by atoms with Gasteiger partial charge in [0.05, 0.1) is 17.2 Å². The van der Waals surface area contributed by atoms with Crippen LogP contribution in [-0.2, 0) is 24.2 Å². The highest BCUT2D eigenvalue weighted by atomic mass is 31.1. The van der Waals surface area contributed by atoms with Gasteiger partial charge in [0.15, 0.2) is 5.79 Å². The maximum Gasteiger partial charge on any atom is 0.160 e. The molecular formula is C38H43FN3O2P. The molecule has 7 heteroatoms. The van der Waals surface area contributed by atoms with Gasteiger partial charge in [-0.2, -0.15) is 5.26 Å². The van der Waals surface area contributed by atoms with Gasteiger partial charge in [-0.25, -0.2) is 4.39 Å². The van der Waals surface area contributed by atoms with Crippen LogP contribution in [0.1, 0.15) is 48.1 Å². The lowest BCUT2D eigenvalue weighted by molar-refractivity contribution is -0.216. The first-order valence-electron chi connectivity index (χ1n) is 15.3. The fourth-order valence-corrected chi connectivity index (χ4v) is 6.54. The lowest BCUT2D eigenvalue weighted by Crippen LogP contribution is -2.51. The number of benzene rings is 4. The molecule has 1 aliphatic rings. The molecule has 0 saturated carbocycles. The predicted octanol–water partition coefficient (Wildman–Crippen LogP) is 7.79. The van der Waals surface area contributed by atoms with Crippen LogP contribution in [-0.4, -0.2) is 51.6 Å². The minimum Gasteiger partial charge on any atom is -0.366 e. The van der Waals surface area contributed by atoms with Crippen LogP contribution in [0.15, 0.2) is 109 Å². The van der Waals surface area contributed by atoms with E-state index in [0.717, 1.165) is 25.7 Å². The number of aryl methyl sites for hydroxylation is 1. The smallest absolute Gasteiger partial charge is 0.160 e. The number of ether oxygens (including phenoxy) is 1. The summed E-state index contributed by atoms with van der Waals surface area (Å²) in [5.74, 6) is -1.78. The zero-order chi connectivity index (χ0) is 32.2. The van der Waals surface area contributed by atoms with Gasteiger partial charge in [-0.05, 0) is 69.1 Å². The van der Waals surface area contributed by atoms with Crippen LogP contribution >= 0.6 is 8.20 Å². The van der Waals surface area contributed by atoms with E-state index in [1.54, 1.807) is 26.0 Å². The fourth-order valence-electron chi connectivity index (χ4n) is 5.61. The number of nitriles is 1. The van der Waals surface area contributed by atoms with Gasteiger partial charge in [0.2, 0.25) is 0 Å². The molecule has 5 nitrogen and oxygen atoms in total. The fraction of sp³-hybridized carbons (Fsp3) is 0.316. The van der Waals surface area contributed by atoms with Crippen LogP contribution in [0.4, 0.5) is 4.39 Å². The molecule has 1 saturated heterocycles. The van der Waals surface area contributed by atoms with E-state index in [1.165, 1.54) is 22.8 Å². The first kappa shape index (κ1) is 34.2. The first-order chi connectivity index (χ1) is 21.7. The van der Waals surface area contributed by atoms with E-state index in [0.29, 0.717) is 26.1 Å². The van der Waals surface area contributed by atoms with Crippen molar-refractivity contribution in [3.8, 4) is 6.07 Å². The van der Waals surface area contributed by atoms with Gasteiger partial charge < -0.3 is 9.84 Å². The second kappa shape index (κ2) is 16.6. The Balaban J connectivity index is 0.000000580. The standard InChI is InChI=1S/C31H35FN3O2P.C7H8/c1-31(2,36)37-29-16-17-34(21-25-14-15-27(32)26(18-25)20-33)30(38-3)35(22-24-12-8-5-9-13-24)28(29)19-23-10-6-4-7-11-23;1-7-5-3-2-4-6-7/h4-15,18,28-29,36H,16-17,19,21-22H2,1-3H3;2-6H,1H3. The van der Waals surface area contributed by atoms with Crippen molar-refractivity contribution in [1.82, 2.24) is 9.80 Å². The SMILES string of the molecule is CP=C1N(Cc2ccc(F)c(C#N)c2)CCC(OC(C)(C)O)C(Cc2ccccc2)N1Cc1ccccc1.Cc1ccccc1. The zero-order valence-electron chi connectivity index (χ0n) is 26.6. The molecule has 0 amide bonds. The summed E-state index contributed by atoms with van der Waals surface area (Å²) in [5, 5.41) is 20.1. The van der Waals surface area contributed by atoms with E-state index >= 15 is 0 Å². The van der Waals surface area contributed by atoms with Gasteiger partial charge in [0.25, 0.3) is 0 Å². The molecular weight excluding hydrogens is 580 g/mol. The average Bonchev–Trinajstić information content (AvgIpc) is 3.15. The molecule has 234 valence electrons. The molecule has 4 aromatic rings. The first-order valence-corrected chi connectivity index (χ1v) is 16.7. The van der Waals surface area contributed by atoms with Crippen molar-refractivity contribution in [2.24, 2.45) is 0 Å². The Hall–Kier alpha value is -3.69. The van der Waals surface area contributed by atoms with Crippen molar-refractivity contribution in [2.45, 2.75) is 64.6 Å². The highest BCUT2D eigenvalue weighted by Gasteiger charge is 2.38. The molecule has 45 heavy (non-hydrogen) atoms. The Morgan fingerprint density at radius 2 is 1.49 bits per heavy atom. The van der Waals surface area contributed by atoms with E-state index < -0.39 is 11.6 Å². The monoisotopic (exact) mass is 623 g/mol. The minimum absolute atomic E-state index is 0.0284. The summed E-state index contributed by atoms with van der Waals surface area (Å²) in [6, 6.07) is 37.7. The van der Waals surface area contributed by atoms with Crippen molar-refractivity contribution in [1.29, 1.82) is 5.26 Å². The summed E-state index contributed by atoms with van der Waals surface area (Å²) in [7, 11) is 1.09. The molecule has 4 aromatic carbocycles. The Morgan fingerprint density at radius 3 is 2.02 bits per heavy atom. The van der Waals surface area contributed by atoms with Gasteiger partial charge >= 0.3 is 0 Å². The molecule has 0 aliphatic carbocycles. The van der Waals surface area contributed by atoms with Gasteiger partial charge in [-0.1, -0.05) is 111 Å². The molecule has 0 aromatic heterocycles. The van der Waals surface area contributed by atoms with E-state index in [1.807, 2.05) is 48.5 Å². The van der Waals surface area contributed by atoms with Crippen LogP contribution < -0.4 is 0 Å². The third-order valence-corrected chi connectivity index (χ3v) is 8.58. The second-order valence-corrected chi connectivity index (χ2v) is 12.6. The summed E-state index contributed by atoms with van der Waals surface area (Å²) in [6.45, 7) is 9.51. The van der Waals surface area contributed by atoms with E-state index in [2.05, 4.69) is 71.9 Å². The quantitative estimate of drug-likeness (QED) is 0.160. The number of hydrogen-bond acceptors (Lipinski definition) is 3. The topological polar surface area (TPSA) is 59.7 Å². The summed E-state index contributed by atoms with van der Waals surface area (Å²) in [6.07, 6.45) is 1.23. The van der Waals surface area contributed by atoms with Gasteiger partial charge in [-0.3, -0.25) is 9.80 Å². The Bertz CT molecular complexity index is 1550. The van der Waals surface area contributed by atoms with Crippen LogP contribution in [0.3, 0.4) is 0 Å². The Labute approximate surface area is 269 Å². The third-order valence-electron chi connectivity index (χ3n) is 7.64. The largest absolute Gasteiger partial charge is 0.366 e. The molecule has 1 heterocycles. The second-order valence-electron chi connectivity index (χ2n) is 11.8. The summed E-state index contributed by atoms with van der Waals surface area (Å²) in [5.41, 5.74) is 5.79. The van der Waals surface area contributed by atoms with Gasteiger partial charge in [-0.15, -0.1) is 0 Å². The van der Waals surface area contributed by atoms with Crippen LogP contribution in [0.5, 0.6) is 0 Å². The zero-order valence-corrected chi connectivity index (χ0v) is 27.5. The Kier molecular flexibility index (Phi) is 12.6. The molecule has 1 fully saturated rings. The molecule has 2 unspecified atom stereocenters. The maximum atomic E-state index is 14.0. The summed E-state index contributed by atoms with van der Waals surface area (Å²) >= 11 is 0. The van der Waals surface area contributed by atoms with Crippen molar-refractivity contribution < 1.29 is 14.2 Å². The number of rotatable bonds is 8. The van der Waals surface area contributed by atoms with Crippen LogP contribution in [0.2, 0.25) is 0 Å². The molecule has 2 atom stereocenters. The number of hydrogen-bond donors (Lipinski definition) is 1. The summed E-state index contributed by atoms with van der Waals surface area (Å²) < 4.78 is 20.4. The van der Waals surface area contributed by atoms with Crippen LogP contribution in [0, 0.1) is 24.1 Å². The van der Waals surface area contributed by atoms with Gasteiger partial charge in [0.1, 0.15) is 11.9 Å². The number of halogens is 1. The molecule has 0 bridgehead atoms. The number of nitrogens with zero attached hydrogens (tertiary/aromatic N) is 3. The Morgan fingerprint density at radius 1 is 0.889 bits per heavy atom. The highest BCUT2D eigenvalue weighted by Crippen LogP contribution is 2.30. The van der Waals surface area contributed by atoms with Crippen molar-refractivity contribution >= 4 is 13.7 Å². The summed E-state index contributed by atoms with van der Waals surface area (Å²) in [4.78, 5) is 4.73. The molecule has 5 rings (SSSR count).